The molecule has 4 rings (SSSR count). The maximum absolute atomic E-state index is 13.6. The summed E-state index contributed by atoms with van der Waals surface area (Å²) in [6.45, 7) is 3.93. The predicted octanol–water partition coefficient (Wildman–Crippen LogP) is 3.91. The normalized spacial score (nSPS) is 17.7. The third-order valence-corrected chi connectivity index (χ3v) is 6.43. The number of likely N-dealkylation sites (tertiary alicyclic amines) is 1. The monoisotopic (exact) mass is 384 g/mol. The van der Waals surface area contributed by atoms with Crippen LogP contribution in [0.4, 0.5) is 21.9 Å². The van der Waals surface area contributed by atoms with E-state index in [0.29, 0.717) is 16.9 Å². The third-order valence-electron chi connectivity index (χ3n) is 5.53. The molecule has 27 heavy (non-hydrogen) atoms. The zero-order valence-corrected chi connectivity index (χ0v) is 16.7. The van der Waals surface area contributed by atoms with Gasteiger partial charge in [0, 0.05) is 23.3 Å². The Morgan fingerprint density at radius 1 is 1.26 bits per heavy atom. The Morgan fingerprint density at radius 3 is 2.70 bits per heavy atom. The van der Waals surface area contributed by atoms with Gasteiger partial charge in [0.25, 0.3) is 5.91 Å². The molecular formula is C20H24N4O2S. The molecule has 0 atom stereocenters. The van der Waals surface area contributed by atoms with Crippen molar-refractivity contribution in [3.63, 3.8) is 0 Å². The Bertz CT molecular complexity index is 886. The van der Waals surface area contributed by atoms with Gasteiger partial charge in [-0.2, -0.15) is 0 Å². The highest BCUT2D eigenvalue weighted by molar-refractivity contribution is 7.11. The van der Waals surface area contributed by atoms with Crippen molar-refractivity contribution in [3.05, 3.63) is 40.1 Å². The van der Waals surface area contributed by atoms with Crippen molar-refractivity contribution < 1.29 is 9.59 Å². The van der Waals surface area contributed by atoms with Crippen LogP contribution >= 0.6 is 11.3 Å². The molecular weight excluding hydrogens is 360 g/mol. The summed E-state index contributed by atoms with van der Waals surface area (Å²) >= 11 is 1.50. The molecule has 142 valence electrons. The number of carbonyl (C=O) groups excluding carboxylic acids is 2. The maximum Gasteiger partial charge on any atom is 0.329 e. The van der Waals surface area contributed by atoms with Gasteiger partial charge in [0.2, 0.25) is 0 Å². The number of hydrogen-bond acceptors (Lipinski definition) is 4. The second-order valence-corrected chi connectivity index (χ2v) is 8.37. The minimum atomic E-state index is -0.168. The fraction of sp³-hybridized carbons (Fsp3) is 0.400. The number of thiophene rings is 1. The summed E-state index contributed by atoms with van der Waals surface area (Å²) in [7, 11) is 3.99. The van der Waals surface area contributed by atoms with Crippen LogP contribution in [0.5, 0.6) is 0 Å². The first-order valence-electron chi connectivity index (χ1n) is 9.21. The number of anilines is 3. The lowest BCUT2D eigenvalue weighted by Gasteiger charge is -2.37. The van der Waals surface area contributed by atoms with E-state index < -0.39 is 0 Å². The zero-order chi connectivity index (χ0) is 19.1. The molecule has 1 saturated heterocycles. The quantitative estimate of drug-likeness (QED) is 0.811. The van der Waals surface area contributed by atoms with Crippen molar-refractivity contribution in [2.75, 3.05) is 37.4 Å². The Kier molecular flexibility index (Phi) is 4.65. The smallest absolute Gasteiger partial charge is 0.324 e. The van der Waals surface area contributed by atoms with Gasteiger partial charge in [-0.1, -0.05) is 12.1 Å². The van der Waals surface area contributed by atoms with Crippen molar-refractivity contribution in [1.29, 1.82) is 0 Å². The van der Waals surface area contributed by atoms with Gasteiger partial charge in [0.15, 0.2) is 0 Å². The standard InChI is InChI=1S/C20H24N4O2S/c1-13-18-15(12-27-13)19(25)21-16-6-4-5-7-17(16)24(18)20(26)23(3)14-8-10-22(2)11-9-14/h4-7,12,14H,8-11H2,1-3H3,(H,21,25). The van der Waals surface area contributed by atoms with Crippen LogP contribution < -0.4 is 10.2 Å². The molecule has 0 bridgehead atoms. The first-order valence-corrected chi connectivity index (χ1v) is 10.1. The molecule has 0 radical (unpaired) electrons. The lowest BCUT2D eigenvalue weighted by Crippen LogP contribution is -2.48. The van der Waals surface area contributed by atoms with E-state index in [1.54, 1.807) is 4.90 Å². The van der Waals surface area contributed by atoms with Crippen molar-refractivity contribution >= 4 is 40.3 Å². The maximum atomic E-state index is 13.6. The molecule has 7 heteroatoms. The SMILES string of the molecule is Cc1scc2c1N(C(=O)N(C)C1CCN(C)CC1)c1ccccc1NC2=O. The summed E-state index contributed by atoms with van der Waals surface area (Å²) in [6.07, 6.45) is 1.92. The molecule has 3 amide bonds. The van der Waals surface area contributed by atoms with Crippen LogP contribution in [0.2, 0.25) is 0 Å². The number of nitrogens with zero attached hydrogens (tertiary/aromatic N) is 3. The Hall–Kier alpha value is -2.38. The molecule has 6 nitrogen and oxygen atoms in total. The predicted molar refractivity (Wildman–Crippen MR) is 109 cm³/mol. The van der Waals surface area contributed by atoms with Crippen LogP contribution in [0.25, 0.3) is 0 Å². The van der Waals surface area contributed by atoms with Crippen molar-refractivity contribution in [2.45, 2.75) is 25.8 Å². The van der Waals surface area contributed by atoms with Crippen molar-refractivity contribution in [1.82, 2.24) is 9.80 Å². The first-order chi connectivity index (χ1) is 13.0. The summed E-state index contributed by atoms with van der Waals surface area (Å²) in [4.78, 5) is 33.1. The van der Waals surface area contributed by atoms with Crippen LogP contribution in [-0.4, -0.2) is 55.0 Å². The summed E-state index contributed by atoms with van der Waals surface area (Å²) in [5, 5.41) is 4.78. The number of aryl methyl sites for hydroxylation is 1. The number of urea groups is 1. The second kappa shape index (κ2) is 6.98. The number of fused-ring (bicyclic) bond motifs is 2. The zero-order valence-electron chi connectivity index (χ0n) is 15.9. The van der Waals surface area contributed by atoms with Crippen LogP contribution in [0.15, 0.2) is 29.6 Å². The van der Waals surface area contributed by atoms with E-state index in [1.807, 2.05) is 48.5 Å². The van der Waals surface area contributed by atoms with Gasteiger partial charge < -0.3 is 15.1 Å². The molecule has 1 N–H and O–H groups in total. The Morgan fingerprint density at radius 2 is 1.96 bits per heavy atom. The van der Waals surface area contributed by atoms with Gasteiger partial charge in [0.05, 0.1) is 22.6 Å². The van der Waals surface area contributed by atoms with E-state index in [2.05, 4.69) is 17.3 Å². The average molecular weight is 385 g/mol. The minimum absolute atomic E-state index is 0.0868. The minimum Gasteiger partial charge on any atom is -0.324 e. The highest BCUT2D eigenvalue weighted by atomic mass is 32.1. The highest BCUT2D eigenvalue weighted by Crippen LogP contribution is 2.42. The van der Waals surface area contributed by atoms with Gasteiger partial charge >= 0.3 is 6.03 Å². The lowest BCUT2D eigenvalue weighted by molar-refractivity contribution is 0.102. The van der Waals surface area contributed by atoms with E-state index >= 15 is 0 Å². The molecule has 0 saturated carbocycles. The van der Waals surface area contributed by atoms with Gasteiger partial charge in [0.1, 0.15) is 0 Å². The van der Waals surface area contributed by atoms with Crippen LogP contribution in [0, 0.1) is 6.92 Å². The number of rotatable bonds is 1. The summed E-state index contributed by atoms with van der Waals surface area (Å²) in [6, 6.07) is 7.61. The Balaban J connectivity index is 1.76. The number of carbonyl (C=O) groups is 2. The number of nitrogens with one attached hydrogen (secondary N) is 1. The van der Waals surface area contributed by atoms with Gasteiger partial charge in [-0.25, -0.2) is 4.79 Å². The van der Waals surface area contributed by atoms with E-state index in [0.717, 1.165) is 36.5 Å². The number of piperidine rings is 1. The number of para-hydroxylation sites is 2. The van der Waals surface area contributed by atoms with E-state index in [1.165, 1.54) is 11.3 Å². The molecule has 2 aromatic rings. The molecule has 0 unspecified atom stereocenters. The Labute approximate surface area is 163 Å². The van der Waals surface area contributed by atoms with Crippen molar-refractivity contribution in [3.8, 4) is 0 Å². The summed E-state index contributed by atoms with van der Waals surface area (Å²) < 4.78 is 0. The molecule has 1 fully saturated rings. The fourth-order valence-corrected chi connectivity index (χ4v) is 4.69. The topological polar surface area (TPSA) is 55.9 Å². The largest absolute Gasteiger partial charge is 0.329 e. The highest BCUT2D eigenvalue weighted by Gasteiger charge is 2.35. The number of amides is 3. The number of hydrogen-bond donors (Lipinski definition) is 1. The molecule has 3 heterocycles. The number of benzene rings is 1. The third kappa shape index (κ3) is 3.11. The first kappa shape index (κ1) is 18.0. The van der Waals surface area contributed by atoms with Crippen LogP contribution in [0.3, 0.4) is 0 Å². The van der Waals surface area contributed by atoms with E-state index in [9.17, 15) is 9.59 Å². The lowest BCUT2D eigenvalue weighted by atomic mass is 10.0. The van der Waals surface area contributed by atoms with Crippen LogP contribution in [0.1, 0.15) is 28.1 Å². The molecule has 1 aromatic heterocycles. The van der Waals surface area contributed by atoms with Gasteiger partial charge in [-0.15, -0.1) is 11.3 Å². The molecule has 2 aliphatic heterocycles. The molecule has 2 aliphatic rings. The average Bonchev–Trinajstić information content (AvgIpc) is 2.98. The molecule has 0 aliphatic carbocycles. The van der Waals surface area contributed by atoms with E-state index in [4.69, 9.17) is 0 Å². The van der Waals surface area contributed by atoms with Gasteiger partial charge in [-0.05, 0) is 52.0 Å². The van der Waals surface area contributed by atoms with E-state index in [-0.39, 0.29) is 18.0 Å². The second-order valence-electron chi connectivity index (χ2n) is 7.29. The summed E-state index contributed by atoms with van der Waals surface area (Å²) in [5.74, 6) is -0.168. The summed E-state index contributed by atoms with van der Waals surface area (Å²) in [5.41, 5.74) is 2.63. The van der Waals surface area contributed by atoms with Crippen LogP contribution in [-0.2, 0) is 0 Å². The van der Waals surface area contributed by atoms with Gasteiger partial charge in [-0.3, -0.25) is 9.69 Å². The fourth-order valence-electron chi connectivity index (χ4n) is 3.87. The molecule has 1 aromatic carbocycles. The molecule has 0 spiro atoms. The van der Waals surface area contributed by atoms with Crippen molar-refractivity contribution in [2.24, 2.45) is 0 Å².